The van der Waals surface area contributed by atoms with Crippen LogP contribution in [0.5, 0.6) is 0 Å². The molecule has 4 nitrogen and oxygen atoms in total. The summed E-state index contributed by atoms with van der Waals surface area (Å²) in [5.74, 6) is -2.18. The van der Waals surface area contributed by atoms with Crippen molar-refractivity contribution in [1.82, 2.24) is 9.38 Å². The van der Waals surface area contributed by atoms with E-state index in [4.69, 9.17) is 0 Å². The largest absolute Gasteiger partial charge is 0.471 e. The molecule has 0 spiro atoms. The Bertz CT molecular complexity index is 582. The molecule has 0 saturated carbocycles. The smallest absolute Gasteiger partial charge is 0.304 e. The molecule has 0 aromatic carbocycles. The number of carbonyl (C=O) groups is 1. The summed E-state index contributed by atoms with van der Waals surface area (Å²) < 4.78 is 38.5. The molecule has 2 aromatic heterocycles. The minimum Gasteiger partial charge on any atom is -0.304 e. The predicted molar refractivity (Wildman–Crippen MR) is 62.3 cm³/mol. The molecule has 0 aliphatic rings. The maximum atomic E-state index is 12.1. The number of nitrogens with one attached hydrogen (secondary N) is 1. The highest BCUT2D eigenvalue weighted by molar-refractivity contribution is 9.10. The molecular weight excluding hydrogens is 315 g/mol. The van der Waals surface area contributed by atoms with Crippen LogP contribution in [0.15, 0.2) is 22.9 Å². The van der Waals surface area contributed by atoms with E-state index >= 15 is 0 Å². The van der Waals surface area contributed by atoms with Gasteiger partial charge in [0.25, 0.3) is 0 Å². The van der Waals surface area contributed by atoms with Gasteiger partial charge >= 0.3 is 12.1 Å². The van der Waals surface area contributed by atoms with Crippen molar-refractivity contribution >= 4 is 33.3 Å². The van der Waals surface area contributed by atoms with E-state index in [1.807, 2.05) is 6.92 Å². The first kappa shape index (κ1) is 12.9. The number of amides is 1. The van der Waals surface area contributed by atoms with Gasteiger partial charge < -0.3 is 9.72 Å². The maximum absolute atomic E-state index is 12.1. The SMILES string of the molecule is Cc1cc2nc(NC(=O)C(F)(F)F)cn2cc1Br. The Morgan fingerprint density at radius 2 is 2.11 bits per heavy atom. The first-order chi connectivity index (χ1) is 8.27. The van der Waals surface area contributed by atoms with Gasteiger partial charge in [-0.2, -0.15) is 13.2 Å². The van der Waals surface area contributed by atoms with Crippen LogP contribution >= 0.6 is 15.9 Å². The van der Waals surface area contributed by atoms with Gasteiger partial charge in [0.2, 0.25) is 0 Å². The van der Waals surface area contributed by atoms with Crippen LogP contribution in [0.1, 0.15) is 5.56 Å². The highest BCUT2D eigenvalue weighted by Crippen LogP contribution is 2.21. The average Bonchev–Trinajstić information content (AvgIpc) is 2.59. The van der Waals surface area contributed by atoms with Crippen LogP contribution in [0.2, 0.25) is 0 Å². The van der Waals surface area contributed by atoms with Gasteiger partial charge in [0.1, 0.15) is 5.65 Å². The number of fused-ring (bicyclic) bond motifs is 1. The van der Waals surface area contributed by atoms with Gasteiger partial charge in [0.05, 0.1) is 6.20 Å². The van der Waals surface area contributed by atoms with Crippen molar-refractivity contribution in [3.8, 4) is 0 Å². The second-order valence-electron chi connectivity index (χ2n) is 3.65. The van der Waals surface area contributed by atoms with Crippen molar-refractivity contribution in [3.05, 3.63) is 28.5 Å². The summed E-state index contributed by atoms with van der Waals surface area (Å²) in [5.41, 5.74) is 1.34. The highest BCUT2D eigenvalue weighted by atomic mass is 79.9. The highest BCUT2D eigenvalue weighted by Gasteiger charge is 2.39. The molecule has 0 fully saturated rings. The summed E-state index contributed by atoms with van der Waals surface area (Å²) in [6.07, 6.45) is -1.96. The fourth-order valence-electron chi connectivity index (χ4n) is 1.35. The van der Waals surface area contributed by atoms with E-state index < -0.39 is 12.1 Å². The molecule has 0 radical (unpaired) electrons. The Balaban J connectivity index is 2.34. The summed E-state index contributed by atoms with van der Waals surface area (Å²) in [7, 11) is 0. The summed E-state index contributed by atoms with van der Waals surface area (Å²) >= 11 is 3.29. The first-order valence-electron chi connectivity index (χ1n) is 4.80. The van der Waals surface area contributed by atoms with Crippen molar-refractivity contribution in [2.75, 3.05) is 5.32 Å². The number of hydrogen-bond donors (Lipinski definition) is 1. The fraction of sp³-hybridized carbons (Fsp3) is 0.200. The second-order valence-corrected chi connectivity index (χ2v) is 4.50. The first-order valence-corrected chi connectivity index (χ1v) is 5.59. The van der Waals surface area contributed by atoms with Crippen molar-refractivity contribution in [2.45, 2.75) is 13.1 Å². The molecule has 0 bridgehead atoms. The van der Waals surface area contributed by atoms with Gasteiger partial charge in [-0.1, -0.05) is 0 Å². The molecule has 0 saturated heterocycles. The Morgan fingerprint density at radius 1 is 1.44 bits per heavy atom. The van der Waals surface area contributed by atoms with Crippen molar-refractivity contribution in [3.63, 3.8) is 0 Å². The Labute approximate surface area is 108 Å². The molecular formula is C10H7BrF3N3O. The number of nitrogens with zero attached hydrogens (tertiary/aromatic N) is 2. The van der Waals surface area contributed by atoms with Gasteiger partial charge in [0.15, 0.2) is 5.82 Å². The Hall–Kier alpha value is -1.57. The van der Waals surface area contributed by atoms with Gasteiger partial charge in [0, 0.05) is 10.7 Å². The van der Waals surface area contributed by atoms with E-state index in [2.05, 4.69) is 20.9 Å². The number of hydrogen-bond acceptors (Lipinski definition) is 2. The molecule has 0 aliphatic carbocycles. The van der Waals surface area contributed by atoms with Gasteiger partial charge in [-0.05, 0) is 34.5 Å². The monoisotopic (exact) mass is 321 g/mol. The van der Waals surface area contributed by atoms with Crippen LogP contribution in [0, 0.1) is 6.92 Å². The third-order valence-corrected chi connectivity index (χ3v) is 3.06. The number of anilines is 1. The van der Waals surface area contributed by atoms with Crippen LogP contribution in [-0.4, -0.2) is 21.5 Å². The number of halogens is 4. The van der Waals surface area contributed by atoms with Crippen LogP contribution in [0.3, 0.4) is 0 Å². The lowest BCUT2D eigenvalue weighted by Gasteiger charge is -2.04. The molecule has 0 atom stereocenters. The van der Waals surface area contributed by atoms with Gasteiger partial charge in [-0.15, -0.1) is 0 Å². The lowest BCUT2D eigenvalue weighted by molar-refractivity contribution is -0.167. The molecule has 0 unspecified atom stereocenters. The van der Waals surface area contributed by atoms with Crippen molar-refractivity contribution in [1.29, 1.82) is 0 Å². The van der Waals surface area contributed by atoms with Crippen LogP contribution in [0.25, 0.3) is 5.65 Å². The van der Waals surface area contributed by atoms with Crippen LogP contribution in [0.4, 0.5) is 19.0 Å². The summed E-state index contributed by atoms with van der Waals surface area (Å²) in [5, 5.41) is 1.70. The molecule has 1 amide bonds. The van der Waals surface area contributed by atoms with E-state index in [0.29, 0.717) is 5.65 Å². The number of aromatic nitrogens is 2. The number of alkyl halides is 3. The standard InChI is InChI=1S/C10H7BrF3N3O/c1-5-2-8-15-7(4-17(8)3-6(5)11)16-9(18)10(12,13)14/h2-4H,1H3,(H,16,18). The zero-order valence-electron chi connectivity index (χ0n) is 9.05. The van der Waals surface area contributed by atoms with Crippen LogP contribution < -0.4 is 5.32 Å². The van der Waals surface area contributed by atoms with Crippen molar-refractivity contribution in [2.24, 2.45) is 0 Å². The molecule has 0 aliphatic heterocycles. The molecule has 8 heteroatoms. The summed E-state index contributed by atoms with van der Waals surface area (Å²) in [4.78, 5) is 14.6. The van der Waals surface area contributed by atoms with E-state index in [0.717, 1.165) is 10.0 Å². The fourth-order valence-corrected chi connectivity index (χ4v) is 1.69. The summed E-state index contributed by atoms with van der Waals surface area (Å²) in [6.45, 7) is 1.83. The average molecular weight is 322 g/mol. The zero-order chi connectivity index (χ0) is 13.5. The third-order valence-electron chi connectivity index (χ3n) is 2.23. The predicted octanol–water partition coefficient (Wildman–Crippen LogP) is 2.91. The lowest BCUT2D eigenvalue weighted by Crippen LogP contribution is -2.30. The molecule has 2 aromatic rings. The van der Waals surface area contributed by atoms with Gasteiger partial charge in [-0.3, -0.25) is 4.79 Å². The zero-order valence-corrected chi connectivity index (χ0v) is 10.6. The minimum absolute atomic E-state index is 0.144. The second kappa shape index (κ2) is 4.27. The third kappa shape index (κ3) is 2.47. The van der Waals surface area contributed by atoms with Gasteiger partial charge in [-0.25, -0.2) is 4.98 Å². The maximum Gasteiger partial charge on any atom is 0.471 e. The quantitative estimate of drug-likeness (QED) is 0.877. The van der Waals surface area contributed by atoms with E-state index in [1.54, 1.807) is 17.6 Å². The van der Waals surface area contributed by atoms with E-state index in [-0.39, 0.29) is 5.82 Å². The lowest BCUT2D eigenvalue weighted by atomic mass is 10.3. The molecule has 18 heavy (non-hydrogen) atoms. The molecule has 96 valence electrons. The molecule has 1 N–H and O–H groups in total. The van der Waals surface area contributed by atoms with E-state index in [9.17, 15) is 18.0 Å². The van der Waals surface area contributed by atoms with E-state index in [1.165, 1.54) is 10.6 Å². The number of carbonyl (C=O) groups excluding carboxylic acids is 1. The topological polar surface area (TPSA) is 46.4 Å². The van der Waals surface area contributed by atoms with Crippen LogP contribution in [-0.2, 0) is 4.79 Å². The number of aryl methyl sites for hydroxylation is 1. The number of pyridine rings is 1. The van der Waals surface area contributed by atoms with Crippen molar-refractivity contribution < 1.29 is 18.0 Å². The molecule has 2 heterocycles. The normalized spacial score (nSPS) is 11.8. The summed E-state index contributed by atoms with van der Waals surface area (Å²) in [6, 6.07) is 1.69. The Morgan fingerprint density at radius 3 is 2.72 bits per heavy atom. The Kier molecular flexibility index (Phi) is 3.05. The number of imidazole rings is 1. The minimum atomic E-state index is -4.92. The number of rotatable bonds is 1. The molecule has 2 rings (SSSR count).